The molecule has 3 atom stereocenters. The van der Waals surface area contributed by atoms with E-state index in [0.29, 0.717) is 12.1 Å². The quantitative estimate of drug-likeness (QED) is 0.894. The van der Waals surface area contributed by atoms with Crippen LogP contribution in [0.4, 0.5) is 0 Å². The Hall–Kier alpha value is -0.380. The van der Waals surface area contributed by atoms with Crippen molar-refractivity contribution < 1.29 is 5.11 Å². The number of aliphatic hydroxyl groups excluding tert-OH is 1. The zero-order chi connectivity index (χ0) is 13.0. The summed E-state index contributed by atoms with van der Waals surface area (Å²) in [4.78, 5) is 0. The zero-order valence-corrected chi connectivity index (χ0v) is 12.5. The van der Waals surface area contributed by atoms with Gasteiger partial charge in [0.2, 0.25) is 0 Å². The Morgan fingerprint density at radius 1 is 1.33 bits per heavy atom. The summed E-state index contributed by atoms with van der Waals surface area (Å²) in [5, 5.41) is 13.3. The molecule has 1 aromatic rings. The van der Waals surface area contributed by atoms with E-state index in [-0.39, 0.29) is 6.10 Å². The summed E-state index contributed by atoms with van der Waals surface area (Å²) in [5.41, 5.74) is 1.36. The number of rotatable bonds is 4. The van der Waals surface area contributed by atoms with Crippen molar-refractivity contribution in [2.75, 3.05) is 0 Å². The average molecular weight is 312 g/mol. The van der Waals surface area contributed by atoms with Crippen LogP contribution in [0, 0.1) is 0 Å². The summed E-state index contributed by atoms with van der Waals surface area (Å²) in [5.74, 6) is 0. The molecule has 0 bridgehead atoms. The predicted molar refractivity (Wildman–Crippen MR) is 78.7 cm³/mol. The highest BCUT2D eigenvalue weighted by molar-refractivity contribution is 9.10. The third kappa shape index (κ3) is 4.38. The van der Waals surface area contributed by atoms with Crippen LogP contribution < -0.4 is 5.32 Å². The van der Waals surface area contributed by atoms with Gasteiger partial charge in [-0.3, -0.25) is 0 Å². The van der Waals surface area contributed by atoms with E-state index >= 15 is 0 Å². The lowest BCUT2D eigenvalue weighted by Crippen LogP contribution is -2.41. The monoisotopic (exact) mass is 311 g/mol. The zero-order valence-electron chi connectivity index (χ0n) is 10.9. The first-order chi connectivity index (χ1) is 8.63. The van der Waals surface area contributed by atoms with Crippen molar-refractivity contribution in [3.05, 3.63) is 34.3 Å². The van der Waals surface area contributed by atoms with E-state index in [9.17, 15) is 5.11 Å². The van der Waals surface area contributed by atoms with Gasteiger partial charge < -0.3 is 10.4 Å². The van der Waals surface area contributed by atoms with Crippen molar-refractivity contribution in [1.29, 1.82) is 0 Å². The Morgan fingerprint density at radius 3 is 2.72 bits per heavy atom. The van der Waals surface area contributed by atoms with E-state index in [4.69, 9.17) is 0 Å². The lowest BCUT2D eigenvalue weighted by Gasteiger charge is -2.29. The van der Waals surface area contributed by atoms with Gasteiger partial charge in [0.05, 0.1) is 6.10 Å². The van der Waals surface area contributed by atoms with Crippen LogP contribution in [0.15, 0.2) is 28.7 Å². The van der Waals surface area contributed by atoms with E-state index in [2.05, 4.69) is 52.4 Å². The molecule has 0 spiro atoms. The number of hydrogen-bond donors (Lipinski definition) is 2. The topological polar surface area (TPSA) is 32.3 Å². The molecule has 100 valence electrons. The second-order valence-corrected chi connectivity index (χ2v) is 6.33. The van der Waals surface area contributed by atoms with Gasteiger partial charge in [-0.05, 0) is 56.7 Å². The van der Waals surface area contributed by atoms with Gasteiger partial charge in [0, 0.05) is 16.6 Å². The molecule has 3 unspecified atom stereocenters. The lowest BCUT2D eigenvalue weighted by atomic mass is 9.92. The molecule has 1 aromatic carbocycles. The number of benzene rings is 1. The first-order valence-electron chi connectivity index (χ1n) is 6.82. The van der Waals surface area contributed by atoms with E-state index in [1.165, 1.54) is 12.0 Å². The Kier molecular flexibility index (Phi) is 5.22. The molecule has 3 heteroatoms. The van der Waals surface area contributed by atoms with Crippen molar-refractivity contribution in [2.45, 2.75) is 57.2 Å². The highest BCUT2D eigenvalue weighted by Gasteiger charge is 2.21. The minimum Gasteiger partial charge on any atom is -0.393 e. The van der Waals surface area contributed by atoms with Crippen molar-refractivity contribution in [2.24, 2.45) is 0 Å². The van der Waals surface area contributed by atoms with Crippen molar-refractivity contribution in [1.82, 2.24) is 5.32 Å². The first kappa shape index (κ1) is 14.0. The summed E-state index contributed by atoms with van der Waals surface area (Å²) < 4.78 is 1.13. The highest BCUT2D eigenvalue weighted by atomic mass is 79.9. The number of aliphatic hydroxyl groups is 1. The Morgan fingerprint density at radius 2 is 2.06 bits per heavy atom. The Labute approximate surface area is 118 Å². The molecule has 2 rings (SSSR count). The summed E-state index contributed by atoms with van der Waals surface area (Å²) in [7, 11) is 0. The maximum absolute atomic E-state index is 9.67. The first-order valence-corrected chi connectivity index (χ1v) is 7.61. The third-order valence-electron chi connectivity index (χ3n) is 3.62. The molecule has 0 aromatic heterocycles. The van der Waals surface area contributed by atoms with Gasteiger partial charge in [0.15, 0.2) is 0 Å². The van der Waals surface area contributed by atoms with Crippen LogP contribution in [-0.4, -0.2) is 23.3 Å². The second kappa shape index (κ2) is 6.69. The van der Waals surface area contributed by atoms with Gasteiger partial charge in [-0.15, -0.1) is 0 Å². The SMILES string of the molecule is CC(Cc1ccc(Br)cc1)NC1CCCC(O)C1. The average Bonchev–Trinajstić information content (AvgIpc) is 2.32. The molecule has 0 heterocycles. The van der Waals surface area contributed by atoms with Gasteiger partial charge in [0.25, 0.3) is 0 Å². The van der Waals surface area contributed by atoms with E-state index < -0.39 is 0 Å². The van der Waals surface area contributed by atoms with Gasteiger partial charge in [0.1, 0.15) is 0 Å². The largest absolute Gasteiger partial charge is 0.393 e. The second-order valence-electron chi connectivity index (χ2n) is 5.42. The van der Waals surface area contributed by atoms with Crippen LogP contribution in [0.25, 0.3) is 0 Å². The summed E-state index contributed by atoms with van der Waals surface area (Å²) in [6.07, 6.45) is 5.16. The fourth-order valence-corrected chi connectivity index (χ4v) is 3.02. The molecular formula is C15H22BrNO. The van der Waals surface area contributed by atoms with Crippen LogP contribution in [0.3, 0.4) is 0 Å². The summed E-state index contributed by atoms with van der Waals surface area (Å²) in [6, 6.07) is 9.45. The molecule has 2 nitrogen and oxygen atoms in total. The molecule has 0 saturated heterocycles. The molecular weight excluding hydrogens is 290 g/mol. The molecule has 1 fully saturated rings. The van der Waals surface area contributed by atoms with E-state index in [1.54, 1.807) is 0 Å². The Balaban J connectivity index is 1.81. The number of halogens is 1. The minimum atomic E-state index is -0.101. The van der Waals surface area contributed by atoms with Crippen LogP contribution >= 0.6 is 15.9 Å². The van der Waals surface area contributed by atoms with Crippen molar-refractivity contribution in [3.63, 3.8) is 0 Å². The van der Waals surface area contributed by atoms with Crippen molar-refractivity contribution >= 4 is 15.9 Å². The molecule has 1 aliphatic carbocycles. The van der Waals surface area contributed by atoms with Gasteiger partial charge >= 0.3 is 0 Å². The van der Waals surface area contributed by atoms with Crippen LogP contribution in [0.5, 0.6) is 0 Å². The molecule has 0 radical (unpaired) electrons. The van der Waals surface area contributed by atoms with Gasteiger partial charge in [-0.25, -0.2) is 0 Å². The smallest absolute Gasteiger partial charge is 0.0555 e. The normalized spacial score (nSPS) is 25.9. The maximum atomic E-state index is 9.67. The Bertz CT molecular complexity index is 365. The molecule has 1 aliphatic rings. The highest BCUT2D eigenvalue weighted by Crippen LogP contribution is 2.19. The maximum Gasteiger partial charge on any atom is 0.0555 e. The molecule has 1 saturated carbocycles. The fourth-order valence-electron chi connectivity index (χ4n) is 2.75. The lowest BCUT2D eigenvalue weighted by molar-refractivity contribution is 0.109. The van der Waals surface area contributed by atoms with E-state index in [1.807, 2.05) is 0 Å². The van der Waals surface area contributed by atoms with Gasteiger partial charge in [-0.2, -0.15) is 0 Å². The molecule has 0 aliphatic heterocycles. The van der Waals surface area contributed by atoms with Crippen molar-refractivity contribution in [3.8, 4) is 0 Å². The molecule has 2 N–H and O–H groups in total. The third-order valence-corrected chi connectivity index (χ3v) is 4.15. The minimum absolute atomic E-state index is 0.101. The number of nitrogens with one attached hydrogen (secondary N) is 1. The summed E-state index contributed by atoms with van der Waals surface area (Å²) >= 11 is 3.45. The van der Waals surface area contributed by atoms with Crippen LogP contribution in [-0.2, 0) is 6.42 Å². The van der Waals surface area contributed by atoms with Crippen LogP contribution in [0.1, 0.15) is 38.2 Å². The fraction of sp³-hybridized carbons (Fsp3) is 0.600. The molecule has 0 amide bonds. The number of hydrogen-bond acceptors (Lipinski definition) is 2. The van der Waals surface area contributed by atoms with E-state index in [0.717, 1.165) is 30.2 Å². The predicted octanol–water partition coefficient (Wildman–Crippen LogP) is 3.27. The molecule has 18 heavy (non-hydrogen) atoms. The van der Waals surface area contributed by atoms with Gasteiger partial charge in [-0.1, -0.05) is 28.1 Å². The van der Waals surface area contributed by atoms with Crippen LogP contribution in [0.2, 0.25) is 0 Å². The summed E-state index contributed by atoms with van der Waals surface area (Å²) in [6.45, 7) is 2.23. The standard InChI is InChI=1S/C15H22BrNO/c1-11(9-12-5-7-13(16)8-6-12)17-14-3-2-4-15(18)10-14/h5-8,11,14-15,17-18H,2-4,9-10H2,1H3.